The molecule has 0 heterocycles. The van der Waals surface area contributed by atoms with E-state index in [1.165, 1.54) is 6.92 Å². The van der Waals surface area contributed by atoms with E-state index in [-0.39, 0.29) is 30.4 Å². The fourth-order valence-electron chi connectivity index (χ4n) is 1.37. The van der Waals surface area contributed by atoms with E-state index < -0.39 is 0 Å². The van der Waals surface area contributed by atoms with E-state index in [0.717, 1.165) is 25.8 Å². The van der Waals surface area contributed by atoms with Gasteiger partial charge in [-0.25, -0.2) is 0 Å². The third kappa shape index (κ3) is 9.09. The molecular weight excluding hydrogens is 236 g/mol. The molecule has 0 rings (SSSR count). The Morgan fingerprint density at radius 3 is 2.50 bits per heavy atom. The van der Waals surface area contributed by atoms with Crippen LogP contribution in [0.15, 0.2) is 0 Å². The zero-order valence-corrected chi connectivity index (χ0v) is 11.4. The number of hydrogen-bond donors (Lipinski definition) is 3. The number of hydroxylamine groups is 1. The maximum absolute atomic E-state index is 11.4. The Bertz CT molecular complexity index is 258. The summed E-state index contributed by atoms with van der Waals surface area (Å²) in [5, 5.41) is 11.6. The molecule has 1 unspecified atom stereocenters. The number of ether oxygens (including phenoxy) is 1. The highest BCUT2D eigenvalue weighted by Gasteiger charge is 2.14. The van der Waals surface area contributed by atoms with Crippen molar-refractivity contribution < 1.29 is 19.5 Å². The van der Waals surface area contributed by atoms with Gasteiger partial charge < -0.3 is 15.3 Å². The first-order chi connectivity index (χ1) is 8.47. The van der Waals surface area contributed by atoms with Crippen LogP contribution in [0.5, 0.6) is 0 Å². The Hall–Kier alpha value is -0.980. The fourth-order valence-corrected chi connectivity index (χ4v) is 1.37. The summed E-state index contributed by atoms with van der Waals surface area (Å²) in [7, 11) is 0. The van der Waals surface area contributed by atoms with Crippen LogP contribution in [0.2, 0.25) is 0 Å². The topological polar surface area (TPSA) is 87.7 Å². The van der Waals surface area contributed by atoms with E-state index in [0.29, 0.717) is 0 Å². The predicted molar refractivity (Wildman–Crippen MR) is 67.0 cm³/mol. The molecule has 106 valence electrons. The second kappa shape index (κ2) is 9.99. The van der Waals surface area contributed by atoms with Crippen LogP contribution in [0.25, 0.3) is 0 Å². The zero-order chi connectivity index (χ0) is 14.0. The Kier molecular flexibility index (Phi) is 9.45. The molecule has 3 N–H and O–H groups in total. The predicted octanol–water partition coefficient (Wildman–Crippen LogP) is 0.839. The molecule has 0 aliphatic rings. The van der Waals surface area contributed by atoms with Gasteiger partial charge >= 0.3 is 5.97 Å². The Morgan fingerprint density at radius 1 is 1.28 bits per heavy atom. The molecule has 0 fully saturated rings. The molecule has 0 radical (unpaired) electrons. The molecule has 6 nitrogen and oxygen atoms in total. The molecule has 18 heavy (non-hydrogen) atoms. The summed E-state index contributed by atoms with van der Waals surface area (Å²) >= 11 is 0. The minimum absolute atomic E-state index is 0.135. The summed E-state index contributed by atoms with van der Waals surface area (Å²) in [6.45, 7) is 5.63. The van der Waals surface area contributed by atoms with Crippen LogP contribution in [0.3, 0.4) is 0 Å². The quantitative estimate of drug-likeness (QED) is 0.233. The molecule has 2 atom stereocenters. The van der Waals surface area contributed by atoms with Gasteiger partial charge in [-0.15, -0.1) is 0 Å². The molecule has 0 spiro atoms. The third-order valence-electron chi connectivity index (χ3n) is 2.53. The first-order valence-electron chi connectivity index (χ1n) is 6.26. The van der Waals surface area contributed by atoms with Gasteiger partial charge in [0.05, 0.1) is 12.1 Å². The number of hydrogen-bond acceptors (Lipinski definition) is 6. The van der Waals surface area contributed by atoms with Gasteiger partial charge in [0.15, 0.2) is 5.78 Å². The molecule has 0 bridgehead atoms. The van der Waals surface area contributed by atoms with E-state index in [9.17, 15) is 9.59 Å². The molecule has 0 aliphatic heterocycles. The molecule has 0 aliphatic carbocycles. The fraction of sp³-hybridized carbons (Fsp3) is 0.833. The SMILES string of the molecule is CC(=O)COC(=O)[C@@H](C)CCCCNC(C)NO. The van der Waals surface area contributed by atoms with E-state index in [2.05, 4.69) is 10.8 Å². The Morgan fingerprint density at radius 2 is 1.94 bits per heavy atom. The normalized spacial score (nSPS) is 14.0. The number of carbonyl (C=O) groups is 2. The van der Waals surface area contributed by atoms with Crippen molar-refractivity contribution in [3.8, 4) is 0 Å². The lowest BCUT2D eigenvalue weighted by molar-refractivity contribution is -0.151. The molecule has 0 saturated carbocycles. The largest absolute Gasteiger partial charge is 0.457 e. The van der Waals surface area contributed by atoms with Crippen LogP contribution in [-0.2, 0) is 14.3 Å². The van der Waals surface area contributed by atoms with Crippen LogP contribution in [0.1, 0.15) is 40.0 Å². The van der Waals surface area contributed by atoms with Crippen molar-refractivity contribution in [1.82, 2.24) is 10.8 Å². The maximum Gasteiger partial charge on any atom is 0.309 e. The van der Waals surface area contributed by atoms with Crippen LogP contribution in [0, 0.1) is 5.92 Å². The Balaban J connectivity index is 3.54. The molecule has 0 aromatic carbocycles. The van der Waals surface area contributed by atoms with E-state index in [4.69, 9.17) is 9.94 Å². The summed E-state index contributed by atoms with van der Waals surface area (Å²) in [4.78, 5) is 22.1. The summed E-state index contributed by atoms with van der Waals surface area (Å²) < 4.78 is 4.83. The van der Waals surface area contributed by atoms with Crippen LogP contribution < -0.4 is 10.8 Å². The highest BCUT2D eigenvalue weighted by molar-refractivity contribution is 5.80. The lowest BCUT2D eigenvalue weighted by Crippen LogP contribution is -2.38. The summed E-state index contributed by atoms with van der Waals surface area (Å²) in [6.07, 6.45) is 2.40. The van der Waals surface area contributed by atoms with Gasteiger partial charge in [-0.1, -0.05) is 13.3 Å². The van der Waals surface area contributed by atoms with Gasteiger partial charge in [-0.05, 0) is 33.2 Å². The van der Waals surface area contributed by atoms with Crippen LogP contribution >= 0.6 is 0 Å². The van der Waals surface area contributed by atoms with Crippen molar-refractivity contribution >= 4 is 11.8 Å². The standard InChI is InChI=1S/C12H24N2O4/c1-9(12(16)18-8-10(2)15)6-4-5-7-13-11(3)14-17/h9,11,13-14,17H,4-8H2,1-3H3/t9-,11?/m0/s1. The minimum Gasteiger partial charge on any atom is -0.457 e. The Labute approximate surface area is 108 Å². The van der Waals surface area contributed by atoms with E-state index in [1.807, 2.05) is 6.92 Å². The van der Waals surface area contributed by atoms with Crippen molar-refractivity contribution in [2.75, 3.05) is 13.2 Å². The number of rotatable bonds is 10. The molecule has 6 heteroatoms. The van der Waals surface area contributed by atoms with Gasteiger partial charge in [0.2, 0.25) is 0 Å². The summed E-state index contributed by atoms with van der Waals surface area (Å²) in [6, 6.07) is 0. The van der Waals surface area contributed by atoms with Crippen LogP contribution in [-0.4, -0.2) is 36.3 Å². The van der Waals surface area contributed by atoms with Gasteiger partial charge in [-0.2, -0.15) is 5.48 Å². The second-order valence-electron chi connectivity index (χ2n) is 4.51. The van der Waals surface area contributed by atoms with Crippen molar-refractivity contribution in [3.05, 3.63) is 0 Å². The molecule has 0 aromatic heterocycles. The molecule has 0 saturated heterocycles. The van der Waals surface area contributed by atoms with Crippen molar-refractivity contribution in [2.24, 2.45) is 5.92 Å². The van der Waals surface area contributed by atoms with Crippen molar-refractivity contribution in [1.29, 1.82) is 0 Å². The van der Waals surface area contributed by atoms with Gasteiger partial charge in [-0.3, -0.25) is 9.59 Å². The number of unbranched alkanes of at least 4 members (excludes halogenated alkanes) is 1. The second-order valence-corrected chi connectivity index (χ2v) is 4.51. The summed E-state index contributed by atoms with van der Waals surface area (Å²) in [5.74, 6) is -0.647. The average Bonchev–Trinajstić information content (AvgIpc) is 2.34. The smallest absolute Gasteiger partial charge is 0.309 e. The molecule has 0 amide bonds. The van der Waals surface area contributed by atoms with Gasteiger partial charge in [0.1, 0.15) is 6.61 Å². The molecule has 0 aromatic rings. The lowest BCUT2D eigenvalue weighted by Gasteiger charge is -2.12. The number of nitrogens with one attached hydrogen (secondary N) is 2. The van der Waals surface area contributed by atoms with Crippen molar-refractivity contribution in [2.45, 2.75) is 46.2 Å². The van der Waals surface area contributed by atoms with Crippen molar-refractivity contribution in [3.63, 3.8) is 0 Å². The van der Waals surface area contributed by atoms with E-state index >= 15 is 0 Å². The average molecular weight is 260 g/mol. The monoisotopic (exact) mass is 260 g/mol. The highest BCUT2D eigenvalue weighted by atomic mass is 16.5. The number of ketones is 1. The van der Waals surface area contributed by atoms with Crippen LogP contribution in [0.4, 0.5) is 0 Å². The maximum atomic E-state index is 11.4. The lowest BCUT2D eigenvalue weighted by atomic mass is 10.0. The zero-order valence-electron chi connectivity index (χ0n) is 11.4. The third-order valence-corrected chi connectivity index (χ3v) is 2.53. The highest BCUT2D eigenvalue weighted by Crippen LogP contribution is 2.09. The summed E-state index contributed by atoms with van der Waals surface area (Å²) in [5.41, 5.74) is 2.09. The number of Topliss-reactive ketones (excluding diaryl/α,β-unsaturated/α-hetero) is 1. The minimum atomic E-state index is -0.316. The number of esters is 1. The molecular formula is C12H24N2O4. The first-order valence-corrected chi connectivity index (χ1v) is 6.26. The van der Waals surface area contributed by atoms with Gasteiger partial charge in [0, 0.05) is 0 Å². The van der Waals surface area contributed by atoms with E-state index in [1.54, 1.807) is 6.92 Å². The number of carbonyl (C=O) groups excluding carboxylic acids is 2. The van der Waals surface area contributed by atoms with Gasteiger partial charge in [0.25, 0.3) is 0 Å². The first kappa shape index (κ1) is 17.0.